The van der Waals surface area contributed by atoms with E-state index in [0.717, 1.165) is 23.4 Å². The van der Waals surface area contributed by atoms with Gasteiger partial charge in [0, 0.05) is 19.3 Å². The van der Waals surface area contributed by atoms with Crippen LogP contribution in [0.25, 0.3) is 10.4 Å². The number of hydrogen-bond acceptors (Lipinski definition) is 4. The molecule has 0 aliphatic carbocycles. The molecule has 1 aliphatic heterocycles. The molecule has 2 heterocycles. The number of rotatable bonds is 4. The minimum absolute atomic E-state index is 0.0224. The molecule has 0 saturated carbocycles. The maximum Gasteiger partial charge on any atom is 0.233 e. The monoisotopic (exact) mass is 314 g/mol. The average Bonchev–Trinajstić information content (AvgIpc) is 3.16. The van der Waals surface area contributed by atoms with Crippen molar-refractivity contribution in [2.75, 3.05) is 18.4 Å². The highest BCUT2D eigenvalue weighted by atomic mass is 32.1. The Morgan fingerprint density at radius 2 is 2.23 bits per heavy atom. The summed E-state index contributed by atoms with van der Waals surface area (Å²) in [6.07, 6.45) is 3.84. The van der Waals surface area contributed by atoms with Gasteiger partial charge in [-0.05, 0) is 18.9 Å². The Labute approximate surface area is 133 Å². The van der Waals surface area contributed by atoms with Gasteiger partial charge in [-0.1, -0.05) is 41.7 Å². The van der Waals surface area contributed by atoms with Crippen LogP contribution in [0, 0.1) is 10.8 Å². The fraction of sp³-hybridized carbons (Fsp3) is 0.312. The summed E-state index contributed by atoms with van der Waals surface area (Å²) >= 11 is 1.48. The van der Waals surface area contributed by atoms with Gasteiger partial charge < -0.3 is 10.2 Å². The molecule has 1 aromatic heterocycles. The molecule has 1 unspecified atom stereocenters. The second kappa shape index (κ2) is 5.88. The normalized spacial score (nSPS) is 20.9. The lowest BCUT2D eigenvalue weighted by atomic mass is 9.89. The summed E-state index contributed by atoms with van der Waals surface area (Å²) in [5.41, 5.74) is 0.637. The van der Waals surface area contributed by atoms with E-state index in [0.29, 0.717) is 11.7 Å². The Kier molecular flexibility index (Phi) is 3.94. The first kappa shape index (κ1) is 14.7. The van der Waals surface area contributed by atoms with Gasteiger partial charge in [0.05, 0.1) is 16.6 Å². The predicted octanol–water partition coefficient (Wildman–Crippen LogP) is 3.07. The van der Waals surface area contributed by atoms with Crippen molar-refractivity contribution in [1.29, 1.82) is 5.41 Å². The van der Waals surface area contributed by atoms with Crippen molar-refractivity contribution in [3.8, 4) is 10.4 Å². The molecule has 2 N–H and O–H groups in total. The van der Waals surface area contributed by atoms with Crippen molar-refractivity contribution in [2.24, 2.45) is 5.41 Å². The number of nitrogens with zero attached hydrogens (tertiary/aromatic N) is 2. The van der Waals surface area contributed by atoms with Gasteiger partial charge in [-0.15, -0.1) is 0 Å². The van der Waals surface area contributed by atoms with Crippen molar-refractivity contribution in [2.45, 2.75) is 13.3 Å². The molecule has 1 saturated heterocycles. The number of nitrogens with one attached hydrogen (secondary N) is 2. The number of hydrogen-bond donors (Lipinski definition) is 2. The number of anilines is 1. The smallest absolute Gasteiger partial charge is 0.233 e. The highest BCUT2D eigenvalue weighted by Gasteiger charge is 2.39. The number of benzene rings is 1. The topological polar surface area (TPSA) is 69.1 Å². The first-order valence-corrected chi connectivity index (χ1v) is 8.00. The molecular weight excluding hydrogens is 296 g/mol. The number of aromatic nitrogens is 1. The van der Waals surface area contributed by atoms with Crippen LogP contribution in [0.1, 0.15) is 13.3 Å². The van der Waals surface area contributed by atoms with Crippen molar-refractivity contribution in [3.63, 3.8) is 0 Å². The summed E-state index contributed by atoms with van der Waals surface area (Å²) in [5.74, 6) is -0.0224. The first-order valence-electron chi connectivity index (χ1n) is 7.18. The van der Waals surface area contributed by atoms with Gasteiger partial charge in [0.25, 0.3) is 0 Å². The van der Waals surface area contributed by atoms with Gasteiger partial charge in [0.1, 0.15) is 0 Å². The fourth-order valence-electron chi connectivity index (χ4n) is 2.61. The SMILES string of the molecule is CC1(C(=O)Nc2ncc(-c3ccccc3)s2)CCN(C=N)C1. The third kappa shape index (κ3) is 2.87. The zero-order valence-electron chi connectivity index (χ0n) is 12.4. The second-order valence-electron chi connectivity index (χ2n) is 5.76. The van der Waals surface area contributed by atoms with Crippen LogP contribution in [0.3, 0.4) is 0 Å². The van der Waals surface area contributed by atoms with Gasteiger partial charge in [0.15, 0.2) is 5.13 Å². The minimum Gasteiger partial charge on any atom is -0.362 e. The van der Waals surface area contributed by atoms with E-state index in [2.05, 4.69) is 10.3 Å². The molecular formula is C16H18N4OS. The minimum atomic E-state index is -0.462. The lowest BCUT2D eigenvalue weighted by molar-refractivity contribution is -0.124. The Hall–Kier alpha value is -2.21. The summed E-state index contributed by atoms with van der Waals surface area (Å²) in [6.45, 7) is 3.28. The molecule has 1 aliphatic rings. The third-order valence-electron chi connectivity index (χ3n) is 4.02. The zero-order valence-corrected chi connectivity index (χ0v) is 13.2. The van der Waals surface area contributed by atoms with Crippen LogP contribution < -0.4 is 5.32 Å². The molecule has 1 aromatic carbocycles. The quantitative estimate of drug-likeness (QED) is 0.673. The van der Waals surface area contributed by atoms with Gasteiger partial charge in [-0.2, -0.15) is 0 Å². The van der Waals surface area contributed by atoms with E-state index in [1.807, 2.05) is 42.2 Å². The van der Waals surface area contributed by atoms with Gasteiger partial charge >= 0.3 is 0 Å². The lowest BCUT2D eigenvalue weighted by Gasteiger charge is -2.21. The third-order valence-corrected chi connectivity index (χ3v) is 4.98. The maximum absolute atomic E-state index is 12.5. The van der Waals surface area contributed by atoms with E-state index in [4.69, 9.17) is 5.41 Å². The van der Waals surface area contributed by atoms with Gasteiger partial charge in [0.2, 0.25) is 5.91 Å². The van der Waals surface area contributed by atoms with Crippen LogP contribution in [-0.4, -0.2) is 35.2 Å². The van der Waals surface area contributed by atoms with E-state index in [1.165, 1.54) is 17.7 Å². The Bertz CT molecular complexity index is 684. The number of likely N-dealkylation sites (tertiary alicyclic amines) is 1. The molecule has 22 heavy (non-hydrogen) atoms. The largest absolute Gasteiger partial charge is 0.362 e. The van der Waals surface area contributed by atoms with Crippen molar-refractivity contribution >= 4 is 28.7 Å². The fourth-order valence-corrected chi connectivity index (χ4v) is 3.42. The van der Waals surface area contributed by atoms with Gasteiger partial charge in [-0.25, -0.2) is 4.98 Å². The van der Waals surface area contributed by atoms with Crippen LogP contribution in [0.15, 0.2) is 36.5 Å². The summed E-state index contributed by atoms with van der Waals surface area (Å²) in [6, 6.07) is 10.00. The molecule has 0 radical (unpaired) electrons. The number of carbonyl (C=O) groups excluding carboxylic acids is 1. The standard InChI is InChI=1S/C16H18N4OS/c1-16(7-8-20(10-16)11-17)14(21)19-15-18-9-13(22-15)12-5-3-2-4-6-12/h2-6,9,11,17H,7-8,10H2,1H3,(H,18,19,21). The molecule has 1 atom stereocenters. The molecule has 3 rings (SSSR count). The van der Waals surface area contributed by atoms with Crippen molar-refractivity contribution < 1.29 is 4.79 Å². The van der Waals surface area contributed by atoms with Crippen LogP contribution in [0.5, 0.6) is 0 Å². The van der Waals surface area contributed by atoms with Crippen LogP contribution >= 0.6 is 11.3 Å². The number of thiazole rings is 1. The summed E-state index contributed by atoms with van der Waals surface area (Å²) in [7, 11) is 0. The van der Waals surface area contributed by atoms with E-state index in [-0.39, 0.29) is 5.91 Å². The molecule has 114 valence electrons. The highest BCUT2D eigenvalue weighted by molar-refractivity contribution is 7.19. The molecule has 0 spiro atoms. The van der Waals surface area contributed by atoms with Crippen LogP contribution in [0.4, 0.5) is 5.13 Å². The number of carbonyl (C=O) groups is 1. The molecule has 1 amide bonds. The van der Waals surface area contributed by atoms with E-state index in [9.17, 15) is 4.79 Å². The van der Waals surface area contributed by atoms with Crippen LogP contribution in [-0.2, 0) is 4.79 Å². The summed E-state index contributed by atoms with van der Waals surface area (Å²) < 4.78 is 0. The lowest BCUT2D eigenvalue weighted by Crippen LogP contribution is -2.36. The zero-order chi connectivity index (χ0) is 15.6. The molecule has 5 nitrogen and oxygen atoms in total. The predicted molar refractivity (Wildman–Crippen MR) is 89.3 cm³/mol. The summed E-state index contributed by atoms with van der Waals surface area (Å²) in [4.78, 5) is 19.7. The van der Waals surface area contributed by atoms with E-state index < -0.39 is 5.41 Å². The maximum atomic E-state index is 12.5. The molecule has 1 fully saturated rings. The van der Waals surface area contributed by atoms with Crippen LogP contribution in [0.2, 0.25) is 0 Å². The number of amides is 1. The van der Waals surface area contributed by atoms with E-state index >= 15 is 0 Å². The van der Waals surface area contributed by atoms with E-state index in [1.54, 1.807) is 6.20 Å². The molecule has 0 bridgehead atoms. The molecule has 2 aromatic rings. The average molecular weight is 314 g/mol. The Morgan fingerprint density at radius 1 is 1.45 bits per heavy atom. The Morgan fingerprint density at radius 3 is 2.91 bits per heavy atom. The highest BCUT2D eigenvalue weighted by Crippen LogP contribution is 2.33. The first-order chi connectivity index (χ1) is 10.6. The van der Waals surface area contributed by atoms with Crippen molar-refractivity contribution in [1.82, 2.24) is 9.88 Å². The second-order valence-corrected chi connectivity index (χ2v) is 6.79. The molecule has 6 heteroatoms. The summed E-state index contributed by atoms with van der Waals surface area (Å²) in [5, 5.41) is 10.8. The van der Waals surface area contributed by atoms with Crippen molar-refractivity contribution in [3.05, 3.63) is 36.5 Å². The van der Waals surface area contributed by atoms with Gasteiger partial charge in [-0.3, -0.25) is 10.2 Å². The Balaban J connectivity index is 1.70.